The third-order valence-corrected chi connectivity index (χ3v) is 4.63. The summed E-state index contributed by atoms with van der Waals surface area (Å²) in [5.74, 6) is 0.223. The summed E-state index contributed by atoms with van der Waals surface area (Å²) in [5.41, 5.74) is 1.87. The molecule has 5 nitrogen and oxygen atoms in total. The first-order valence-corrected chi connectivity index (χ1v) is 9.87. The Morgan fingerprint density at radius 3 is 2.75 bits per heavy atom. The molecule has 1 unspecified atom stereocenters. The van der Waals surface area contributed by atoms with E-state index in [0.29, 0.717) is 18.1 Å². The molecule has 2 aromatic rings. The van der Waals surface area contributed by atoms with Crippen molar-refractivity contribution in [2.24, 2.45) is 5.92 Å². The Morgan fingerprint density at radius 2 is 2.00 bits per heavy atom. The Hall–Kier alpha value is -2.82. The smallest absolute Gasteiger partial charge is 0.328 e. The molecular formula is C23H29NO4. The molecule has 0 aliphatic rings. The van der Waals surface area contributed by atoms with E-state index in [4.69, 9.17) is 9.52 Å². The van der Waals surface area contributed by atoms with Crippen molar-refractivity contribution in [3.8, 4) is 11.3 Å². The molecule has 1 aromatic carbocycles. The Bertz CT molecular complexity index is 806. The molecule has 0 saturated heterocycles. The molecule has 0 aliphatic heterocycles. The largest absolute Gasteiger partial charge is 0.478 e. The molecule has 0 saturated carbocycles. The lowest BCUT2D eigenvalue weighted by molar-refractivity contribution is -0.131. The summed E-state index contributed by atoms with van der Waals surface area (Å²) in [7, 11) is 0. The van der Waals surface area contributed by atoms with Crippen LogP contribution in [0.25, 0.3) is 17.4 Å². The third-order valence-electron chi connectivity index (χ3n) is 4.63. The van der Waals surface area contributed by atoms with Crippen molar-refractivity contribution in [3.63, 3.8) is 0 Å². The number of benzene rings is 1. The van der Waals surface area contributed by atoms with Crippen LogP contribution >= 0.6 is 0 Å². The molecule has 0 bridgehead atoms. The van der Waals surface area contributed by atoms with Gasteiger partial charge in [0.15, 0.2) is 0 Å². The standard InChI is InChI=1S/C23H29NO4/c1-3-4-5-6-8-17(2)23(27)24-16-18-9-7-10-19(15-18)21-13-11-20(28-21)12-14-22(25)26/h7,9-15,17H,3-6,8,16H2,1-2H3,(H,24,27)(H,25,26)/b14-12+. The van der Waals surface area contributed by atoms with E-state index in [1.807, 2.05) is 31.2 Å². The lowest BCUT2D eigenvalue weighted by Gasteiger charge is -2.12. The monoisotopic (exact) mass is 383 g/mol. The van der Waals surface area contributed by atoms with Crippen LogP contribution in [0.3, 0.4) is 0 Å². The number of hydrogen-bond acceptors (Lipinski definition) is 3. The number of nitrogens with one attached hydrogen (secondary N) is 1. The van der Waals surface area contributed by atoms with Crippen LogP contribution in [-0.2, 0) is 16.1 Å². The van der Waals surface area contributed by atoms with Gasteiger partial charge in [-0.15, -0.1) is 0 Å². The molecule has 2 rings (SSSR count). The summed E-state index contributed by atoms with van der Waals surface area (Å²) >= 11 is 0. The highest BCUT2D eigenvalue weighted by Gasteiger charge is 2.12. The molecule has 2 N–H and O–H groups in total. The second-order valence-corrected chi connectivity index (χ2v) is 7.04. The summed E-state index contributed by atoms with van der Waals surface area (Å²) < 4.78 is 5.67. The van der Waals surface area contributed by atoms with Gasteiger partial charge in [-0.2, -0.15) is 0 Å². The quantitative estimate of drug-likeness (QED) is 0.409. The van der Waals surface area contributed by atoms with Crippen LogP contribution in [0.2, 0.25) is 0 Å². The molecule has 150 valence electrons. The molecule has 5 heteroatoms. The van der Waals surface area contributed by atoms with Gasteiger partial charge in [-0.1, -0.05) is 57.7 Å². The van der Waals surface area contributed by atoms with Gasteiger partial charge in [-0.3, -0.25) is 4.79 Å². The summed E-state index contributed by atoms with van der Waals surface area (Å²) in [4.78, 5) is 22.9. The summed E-state index contributed by atoms with van der Waals surface area (Å²) in [6.45, 7) is 4.63. The maximum absolute atomic E-state index is 12.3. The topological polar surface area (TPSA) is 79.5 Å². The Balaban J connectivity index is 1.91. The normalized spacial score (nSPS) is 12.2. The van der Waals surface area contributed by atoms with E-state index in [1.54, 1.807) is 12.1 Å². The van der Waals surface area contributed by atoms with Crippen molar-refractivity contribution in [2.75, 3.05) is 0 Å². The first-order chi connectivity index (χ1) is 13.5. The first kappa shape index (κ1) is 21.5. The van der Waals surface area contributed by atoms with E-state index in [2.05, 4.69) is 12.2 Å². The van der Waals surface area contributed by atoms with Crippen LogP contribution in [-0.4, -0.2) is 17.0 Å². The minimum atomic E-state index is -1.02. The second kappa shape index (κ2) is 11.1. The third kappa shape index (κ3) is 7.06. The van der Waals surface area contributed by atoms with Crippen LogP contribution in [0.4, 0.5) is 0 Å². The Kier molecular flexibility index (Phi) is 8.53. The van der Waals surface area contributed by atoms with Crippen LogP contribution < -0.4 is 5.32 Å². The van der Waals surface area contributed by atoms with Crippen LogP contribution in [0.15, 0.2) is 46.9 Å². The maximum atomic E-state index is 12.3. The molecule has 1 amide bonds. The highest BCUT2D eigenvalue weighted by Crippen LogP contribution is 2.24. The zero-order valence-corrected chi connectivity index (χ0v) is 16.6. The van der Waals surface area contributed by atoms with Gasteiger partial charge in [0.1, 0.15) is 11.5 Å². The number of amides is 1. The van der Waals surface area contributed by atoms with Crippen LogP contribution in [0.5, 0.6) is 0 Å². The van der Waals surface area contributed by atoms with Gasteiger partial charge < -0.3 is 14.8 Å². The van der Waals surface area contributed by atoms with Gasteiger partial charge in [0.25, 0.3) is 0 Å². The molecule has 0 spiro atoms. The predicted molar refractivity (Wildman–Crippen MR) is 111 cm³/mol. The molecule has 1 heterocycles. The Labute approximate surface area is 166 Å². The zero-order valence-electron chi connectivity index (χ0n) is 16.6. The van der Waals surface area contributed by atoms with Gasteiger partial charge in [0.2, 0.25) is 5.91 Å². The van der Waals surface area contributed by atoms with E-state index < -0.39 is 5.97 Å². The molecule has 0 aliphatic carbocycles. The highest BCUT2D eigenvalue weighted by molar-refractivity contribution is 5.84. The summed E-state index contributed by atoms with van der Waals surface area (Å²) in [5, 5.41) is 11.7. The number of rotatable bonds is 11. The van der Waals surface area contributed by atoms with Crippen LogP contribution in [0.1, 0.15) is 57.3 Å². The predicted octanol–water partition coefficient (Wildman–Crippen LogP) is 5.27. The van der Waals surface area contributed by atoms with E-state index in [0.717, 1.165) is 30.0 Å². The lowest BCUT2D eigenvalue weighted by Crippen LogP contribution is -2.28. The number of carbonyl (C=O) groups is 2. The number of aliphatic carboxylic acids is 1. The van der Waals surface area contributed by atoms with E-state index in [9.17, 15) is 9.59 Å². The van der Waals surface area contributed by atoms with Crippen molar-refractivity contribution in [2.45, 2.75) is 52.5 Å². The van der Waals surface area contributed by atoms with Gasteiger partial charge >= 0.3 is 5.97 Å². The maximum Gasteiger partial charge on any atom is 0.328 e. The van der Waals surface area contributed by atoms with E-state index >= 15 is 0 Å². The average Bonchev–Trinajstić information content (AvgIpc) is 3.17. The van der Waals surface area contributed by atoms with Crippen molar-refractivity contribution in [1.29, 1.82) is 0 Å². The fourth-order valence-corrected chi connectivity index (χ4v) is 2.96. The number of carboxylic acid groups (broad SMARTS) is 1. The zero-order chi connectivity index (χ0) is 20.4. The fourth-order valence-electron chi connectivity index (χ4n) is 2.96. The molecule has 1 atom stereocenters. The summed E-state index contributed by atoms with van der Waals surface area (Å²) in [6.07, 6.45) is 8.07. The average molecular weight is 383 g/mol. The van der Waals surface area contributed by atoms with Crippen molar-refractivity contribution < 1.29 is 19.1 Å². The van der Waals surface area contributed by atoms with Gasteiger partial charge in [-0.05, 0) is 36.3 Å². The second-order valence-electron chi connectivity index (χ2n) is 7.04. The number of furan rings is 1. The Morgan fingerprint density at radius 1 is 1.18 bits per heavy atom. The van der Waals surface area contributed by atoms with Crippen LogP contribution in [0, 0.1) is 5.92 Å². The van der Waals surface area contributed by atoms with E-state index in [-0.39, 0.29) is 11.8 Å². The van der Waals surface area contributed by atoms with Crippen molar-refractivity contribution >= 4 is 18.0 Å². The number of hydrogen-bond donors (Lipinski definition) is 2. The highest BCUT2D eigenvalue weighted by atomic mass is 16.4. The SMILES string of the molecule is CCCCCCC(C)C(=O)NCc1cccc(-c2ccc(/C=C/C(=O)O)o2)c1. The lowest BCUT2D eigenvalue weighted by atomic mass is 10.0. The van der Waals surface area contributed by atoms with E-state index in [1.165, 1.54) is 25.3 Å². The molecule has 28 heavy (non-hydrogen) atoms. The molecule has 0 radical (unpaired) electrons. The minimum absolute atomic E-state index is 0.0219. The molecule has 0 fully saturated rings. The number of carboxylic acids is 1. The summed E-state index contributed by atoms with van der Waals surface area (Å²) in [6, 6.07) is 11.3. The van der Waals surface area contributed by atoms with Gasteiger partial charge in [0, 0.05) is 24.1 Å². The number of carbonyl (C=O) groups excluding carboxylic acids is 1. The van der Waals surface area contributed by atoms with Gasteiger partial charge in [0.05, 0.1) is 0 Å². The minimum Gasteiger partial charge on any atom is -0.478 e. The molecule has 1 aromatic heterocycles. The first-order valence-electron chi connectivity index (χ1n) is 9.87. The number of unbranched alkanes of at least 4 members (excludes halogenated alkanes) is 3. The molecular weight excluding hydrogens is 354 g/mol. The van der Waals surface area contributed by atoms with Crippen molar-refractivity contribution in [3.05, 3.63) is 53.8 Å². The van der Waals surface area contributed by atoms with Crippen molar-refractivity contribution in [1.82, 2.24) is 5.32 Å². The van der Waals surface area contributed by atoms with Gasteiger partial charge in [-0.25, -0.2) is 4.79 Å². The fraction of sp³-hybridized carbons (Fsp3) is 0.391.